The van der Waals surface area contributed by atoms with Crippen molar-refractivity contribution in [2.75, 3.05) is 27.2 Å². The SMILES string of the molecule is C[C@H](CC1CCCCC1)C(=O)N1CCC(O)(Cn2cc(C(=O)N(C)C)c(C3CC3)cc2=O)C2(CCCC2)C1. The maximum Gasteiger partial charge on any atom is 0.255 e. The highest BCUT2D eigenvalue weighted by atomic mass is 16.3. The van der Waals surface area contributed by atoms with Crippen LogP contribution in [-0.2, 0) is 11.3 Å². The summed E-state index contributed by atoms with van der Waals surface area (Å²) in [5, 5.41) is 12.2. The number of likely N-dealkylation sites (tertiary alicyclic amines) is 1. The van der Waals surface area contributed by atoms with E-state index in [0.717, 1.165) is 50.5 Å². The lowest BCUT2D eigenvalue weighted by Gasteiger charge is -2.53. The number of carbonyl (C=O) groups excluding carboxylic acids is 2. The second-order valence-corrected chi connectivity index (χ2v) is 13.3. The quantitative estimate of drug-likeness (QED) is 0.566. The van der Waals surface area contributed by atoms with Crippen molar-refractivity contribution in [3.05, 3.63) is 33.7 Å². The molecular weight excluding hydrogens is 478 g/mol. The van der Waals surface area contributed by atoms with Gasteiger partial charge in [-0.3, -0.25) is 14.4 Å². The average molecular weight is 526 g/mol. The summed E-state index contributed by atoms with van der Waals surface area (Å²) in [5.74, 6) is 1.09. The minimum Gasteiger partial charge on any atom is -0.387 e. The molecule has 1 N–H and O–H groups in total. The molecule has 7 nitrogen and oxygen atoms in total. The van der Waals surface area contributed by atoms with Crippen LogP contribution in [0.15, 0.2) is 17.1 Å². The minimum absolute atomic E-state index is 0.0138. The number of nitrogens with zero attached hydrogens (tertiary/aromatic N) is 3. The second kappa shape index (κ2) is 10.8. The summed E-state index contributed by atoms with van der Waals surface area (Å²) in [5.41, 5.74) is -0.226. The third-order valence-corrected chi connectivity index (χ3v) is 10.2. The van der Waals surface area contributed by atoms with Gasteiger partial charge in [-0.25, -0.2) is 0 Å². The van der Waals surface area contributed by atoms with Crippen LogP contribution < -0.4 is 5.56 Å². The molecule has 4 fully saturated rings. The van der Waals surface area contributed by atoms with E-state index in [1.54, 1.807) is 35.8 Å². The zero-order chi connectivity index (χ0) is 27.1. The highest BCUT2D eigenvalue weighted by Gasteiger charge is 2.56. The van der Waals surface area contributed by atoms with Gasteiger partial charge in [0, 0.05) is 50.8 Å². The number of piperidine rings is 1. The standard InChI is InChI=1S/C31H47N3O4/c1-22(17-23-9-5-4-6-10-23)28(36)33-16-15-31(38,30(20-33)13-7-8-14-30)21-34-19-26(29(37)32(2)3)25(18-27(34)35)24-11-12-24/h18-19,22-24,38H,4-17,20-21H2,1-3H3/t22-,31?/m1/s1. The Morgan fingerprint density at radius 3 is 2.37 bits per heavy atom. The Morgan fingerprint density at radius 1 is 1.05 bits per heavy atom. The first-order valence-corrected chi connectivity index (χ1v) is 15.1. The van der Waals surface area contributed by atoms with Crippen molar-refractivity contribution < 1.29 is 14.7 Å². The van der Waals surface area contributed by atoms with Gasteiger partial charge in [-0.15, -0.1) is 0 Å². The van der Waals surface area contributed by atoms with Gasteiger partial charge in [0.15, 0.2) is 0 Å². The zero-order valence-corrected chi connectivity index (χ0v) is 23.7. The van der Waals surface area contributed by atoms with Crippen LogP contribution >= 0.6 is 0 Å². The van der Waals surface area contributed by atoms with Crippen LogP contribution in [0.5, 0.6) is 0 Å². The lowest BCUT2D eigenvalue weighted by atomic mass is 9.65. The average Bonchev–Trinajstić information content (AvgIpc) is 3.64. The van der Waals surface area contributed by atoms with Crippen molar-refractivity contribution >= 4 is 11.8 Å². The van der Waals surface area contributed by atoms with Crippen molar-refractivity contribution in [3.63, 3.8) is 0 Å². The van der Waals surface area contributed by atoms with Crippen molar-refractivity contribution in [2.45, 2.75) is 108 Å². The fourth-order valence-electron chi connectivity index (χ4n) is 7.77. The second-order valence-electron chi connectivity index (χ2n) is 13.3. The molecule has 0 radical (unpaired) electrons. The fraction of sp³-hybridized carbons (Fsp3) is 0.774. The summed E-state index contributed by atoms with van der Waals surface area (Å²) in [6.07, 6.45) is 15.3. The summed E-state index contributed by atoms with van der Waals surface area (Å²) in [7, 11) is 3.47. The van der Waals surface area contributed by atoms with E-state index in [1.165, 1.54) is 32.1 Å². The molecular formula is C31H47N3O4. The van der Waals surface area contributed by atoms with E-state index >= 15 is 0 Å². The molecule has 1 unspecified atom stereocenters. The Balaban J connectivity index is 1.36. The first-order valence-electron chi connectivity index (χ1n) is 15.1. The summed E-state index contributed by atoms with van der Waals surface area (Å²) >= 11 is 0. The van der Waals surface area contributed by atoms with Crippen molar-refractivity contribution in [3.8, 4) is 0 Å². The molecule has 5 rings (SSSR count). The van der Waals surface area contributed by atoms with E-state index in [9.17, 15) is 19.5 Å². The van der Waals surface area contributed by atoms with Gasteiger partial charge < -0.3 is 19.5 Å². The Morgan fingerprint density at radius 2 is 1.74 bits per heavy atom. The molecule has 2 heterocycles. The molecule has 0 bridgehead atoms. The fourth-order valence-corrected chi connectivity index (χ4v) is 7.77. The summed E-state index contributed by atoms with van der Waals surface area (Å²) in [4.78, 5) is 43.4. The summed E-state index contributed by atoms with van der Waals surface area (Å²) in [6.45, 7) is 3.34. The van der Waals surface area contributed by atoms with Crippen LogP contribution in [-0.4, -0.2) is 64.1 Å². The number of hydrogen-bond donors (Lipinski definition) is 1. The minimum atomic E-state index is -1.09. The molecule has 0 aromatic carbocycles. The van der Waals surface area contributed by atoms with E-state index in [1.807, 2.05) is 4.90 Å². The Bertz CT molecular complexity index is 1090. The van der Waals surface area contributed by atoms with Gasteiger partial charge in [0.1, 0.15) is 0 Å². The molecule has 38 heavy (non-hydrogen) atoms. The van der Waals surface area contributed by atoms with E-state index in [2.05, 4.69) is 6.92 Å². The number of aliphatic hydroxyl groups is 1. The third kappa shape index (κ3) is 5.32. The highest BCUT2D eigenvalue weighted by molar-refractivity contribution is 5.95. The number of pyridine rings is 1. The topological polar surface area (TPSA) is 82.8 Å². The van der Waals surface area contributed by atoms with Crippen LogP contribution in [0.25, 0.3) is 0 Å². The normalized spacial score (nSPS) is 26.5. The third-order valence-electron chi connectivity index (χ3n) is 10.2. The predicted molar refractivity (Wildman–Crippen MR) is 148 cm³/mol. The Labute approximate surface area is 227 Å². The number of amides is 2. The Kier molecular flexibility index (Phi) is 7.78. The van der Waals surface area contributed by atoms with Gasteiger partial charge in [-0.1, -0.05) is 51.9 Å². The van der Waals surface area contributed by atoms with Gasteiger partial charge in [-0.05, 0) is 55.9 Å². The number of carbonyl (C=O) groups is 2. The number of hydrogen-bond acceptors (Lipinski definition) is 4. The monoisotopic (exact) mass is 525 g/mol. The van der Waals surface area contributed by atoms with Crippen molar-refractivity contribution in [2.24, 2.45) is 17.3 Å². The van der Waals surface area contributed by atoms with Crippen LogP contribution in [0.4, 0.5) is 0 Å². The first-order chi connectivity index (χ1) is 18.1. The molecule has 4 aliphatic rings. The van der Waals surface area contributed by atoms with Crippen LogP contribution in [0.1, 0.15) is 112 Å². The van der Waals surface area contributed by atoms with Gasteiger partial charge in [0.2, 0.25) is 5.91 Å². The smallest absolute Gasteiger partial charge is 0.255 e. The zero-order valence-electron chi connectivity index (χ0n) is 23.7. The number of rotatable bonds is 7. The van der Waals surface area contributed by atoms with E-state index in [4.69, 9.17) is 0 Å². The van der Waals surface area contributed by atoms with E-state index < -0.39 is 11.0 Å². The molecule has 210 valence electrons. The maximum atomic E-state index is 13.6. The molecule has 1 spiro atoms. The molecule has 3 saturated carbocycles. The lowest BCUT2D eigenvalue weighted by Crippen LogP contribution is -2.62. The highest BCUT2D eigenvalue weighted by Crippen LogP contribution is 2.52. The van der Waals surface area contributed by atoms with E-state index in [0.29, 0.717) is 31.0 Å². The molecule has 1 saturated heterocycles. The Hall–Kier alpha value is -2.15. The molecule has 2 amide bonds. The maximum absolute atomic E-state index is 13.6. The van der Waals surface area contributed by atoms with E-state index in [-0.39, 0.29) is 35.8 Å². The molecule has 7 heteroatoms. The van der Waals surface area contributed by atoms with Gasteiger partial charge in [-0.2, -0.15) is 0 Å². The van der Waals surface area contributed by atoms with Gasteiger partial charge in [0.05, 0.1) is 17.7 Å². The molecule has 1 aromatic heterocycles. The van der Waals surface area contributed by atoms with Gasteiger partial charge >= 0.3 is 0 Å². The molecule has 2 atom stereocenters. The molecule has 3 aliphatic carbocycles. The summed E-state index contributed by atoms with van der Waals surface area (Å²) < 4.78 is 1.58. The van der Waals surface area contributed by atoms with Crippen LogP contribution in [0, 0.1) is 17.3 Å². The van der Waals surface area contributed by atoms with Gasteiger partial charge in [0.25, 0.3) is 11.5 Å². The van der Waals surface area contributed by atoms with Crippen molar-refractivity contribution in [1.29, 1.82) is 0 Å². The predicted octanol–water partition coefficient (Wildman–Crippen LogP) is 4.56. The first kappa shape index (κ1) is 27.4. The lowest BCUT2D eigenvalue weighted by molar-refractivity contribution is -0.163. The molecule has 1 aromatic rings. The van der Waals surface area contributed by atoms with Crippen molar-refractivity contribution in [1.82, 2.24) is 14.4 Å². The summed E-state index contributed by atoms with van der Waals surface area (Å²) in [6, 6.07) is 1.63. The number of aromatic nitrogens is 1. The van der Waals surface area contributed by atoms with Crippen LogP contribution in [0.2, 0.25) is 0 Å². The molecule has 1 aliphatic heterocycles. The van der Waals surface area contributed by atoms with Crippen LogP contribution in [0.3, 0.4) is 0 Å². The largest absolute Gasteiger partial charge is 0.387 e.